The normalized spacial score (nSPS) is 14.9. The first-order valence-electron chi connectivity index (χ1n) is 6.04. The monoisotopic (exact) mass is 338 g/mol. The van der Waals surface area contributed by atoms with E-state index in [1.165, 1.54) is 0 Å². The third kappa shape index (κ3) is 2.50. The van der Waals surface area contributed by atoms with Crippen molar-refractivity contribution < 1.29 is 9.84 Å². The molecule has 1 N–H and O–H groups in total. The molecule has 2 aromatic carbocycles. The lowest BCUT2D eigenvalue weighted by molar-refractivity contribution is 0.219. The van der Waals surface area contributed by atoms with Crippen LogP contribution in [0.5, 0.6) is 5.75 Å². The Bertz CT molecular complexity index is 628. The Morgan fingerprint density at radius 3 is 2.84 bits per heavy atom. The van der Waals surface area contributed by atoms with Crippen LogP contribution in [0.4, 0.5) is 0 Å². The SMILES string of the molecule is OC(c1ccc2c(c1)CCO2)c1ccc(Cl)cc1Br. The van der Waals surface area contributed by atoms with E-state index >= 15 is 0 Å². The molecule has 0 saturated heterocycles. The van der Waals surface area contributed by atoms with Crippen LogP contribution in [0, 0.1) is 0 Å². The number of fused-ring (bicyclic) bond motifs is 1. The Morgan fingerprint density at radius 1 is 1.21 bits per heavy atom. The zero-order valence-electron chi connectivity index (χ0n) is 10.1. The van der Waals surface area contributed by atoms with Crippen molar-refractivity contribution in [3.05, 3.63) is 62.6 Å². The summed E-state index contributed by atoms with van der Waals surface area (Å²) >= 11 is 9.35. The second-order valence-electron chi connectivity index (χ2n) is 4.53. The predicted molar refractivity (Wildman–Crippen MR) is 78.9 cm³/mol. The predicted octanol–water partition coefficient (Wildman–Crippen LogP) is 4.12. The molecule has 0 radical (unpaired) electrons. The molecule has 4 heteroatoms. The van der Waals surface area contributed by atoms with Crippen LogP contribution in [0.2, 0.25) is 5.02 Å². The highest BCUT2D eigenvalue weighted by Crippen LogP contribution is 2.34. The molecule has 1 atom stereocenters. The van der Waals surface area contributed by atoms with Gasteiger partial charge in [0.1, 0.15) is 11.9 Å². The van der Waals surface area contributed by atoms with Crippen LogP contribution in [0.1, 0.15) is 22.8 Å². The Labute approximate surface area is 125 Å². The smallest absolute Gasteiger partial charge is 0.122 e. The molecule has 0 fully saturated rings. The highest BCUT2D eigenvalue weighted by Gasteiger charge is 2.18. The van der Waals surface area contributed by atoms with E-state index in [0.717, 1.165) is 39.9 Å². The quantitative estimate of drug-likeness (QED) is 0.892. The van der Waals surface area contributed by atoms with Gasteiger partial charge in [-0.05, 0) is 41.0 Å². The summed E-state index contributed by atoms with van der Waals surface area (Å²) in [5.74, 6) is 0.922. The molecule has 2 nitrogen and oxygen atoms in total. The van der Waals surface area contributed by atoms with E-state index in [0.29, 0.717) is 5.02 Å². The maximum Gasteiger partial charge on any atom is 0.122 e. The van der Waals surface area contributed by atoms with Gasteiger partial charge in [0.05, 0.1) is 6.61 Å². The van der Waals surface area contributed by atoms with Crippen molar-refractivity contribution in [2.45, 2.75) is 12.5 Å². The number of rotatable bonds is 2. The summed E-state index contributed by atoms with van der Waals surface area (Å²) in [7, 11) is 0. The molecule has 1 aliphatic heterocycles. The maximum absolute atomic E-state index is 10.5. The van der Waals surface area contributed by atoms with E-state index in [-0.39, 0.29) is 0 Å². The number of ether oxygens (including phenoxy) is 1. The molecule has 0 aromatic heterocycles. The first-order chi connectivity index (χ1) is 9.15. The minimum Gasteiger partial charge on any atom is -0.493 e. The molecule has 1 unspecified atom stereocenters. The van der Waals surface area contributed by atoms with E-state index in [1.807, 2.05) is 24.3 Å². The standard InChI is InChI=1S/C15H12BrClO2/c16-13-8-11(17)2-3-12(13)15(18)10-1-4-14-9(7-10)5-6-19-14/h1-4,7-8,15,18H,5-6H2. The first-order valence-corrected chi connectivity index (χ1v) is 7.21. The number of hydrogen-bond acceptors (Lipinski definition) is 2. The van der Waals surface area contributed by atoms with Crippen LogP contribution in [0.25, 0.3) is 0 Å². The Morgan fingerprint density at radius 2 is 2.05 bits per heavy atom. The van der Waals surface area contributed by atoms with Crippen molar-refractivity contribution in [2.75, 3.05) is 6.61 Å². The van der Waals surface area contributed by atoms with Gasteiger partial charge in [-0.25, -0.2) is 0 Å². The summed E-state index contributed by atoms with van der Waals surface area (Å²) in [4.78, 5) is 0. The third-order valence-electron chi connectivity index (χ3n) is 3.29. The van der Waals surface area contributed by atoms with Crippen LogP contribution < -0.4 is 4.74 Å². The highest BCUT2D eigenvalue weighted by atomic mass is 79.9. The van der Waals surface area contributed by atoms with Gasteiger partial charge >= 0.3 is 0 Å². The average molecular weight is 340 g/mol. The summed E-state index contributed by atoms with van der Waals surface area (Å²) in [6.07, 6.45) is 0.232. The van der Waals surface area contributed by atoms with Gasteiger partial charge in [0.25, 0.3) is 0 Å². The largest absolute Gasteiger partial charge is 0.493 e. The molecule has 2 aromatic rings. The lowest BCUT2D eigenvalue weighted by Crippen LogP contribution is -2.01. The average Bonchev–Trinajstić information content (AvgIpc) is 2.85. The van der Waals surface area contributed by atoms with Crippen molar-refractivity contribution in [3.63, 3.8) is 0 Å². The fourth-order valence-electron chi connectivity index (χ4n) is 2.28. The second-order valence-corrected chi connectivity index (χ2v) is 5.82. The Balaban J connectivity index is 1.97. The zero-order valence-corrected chi connectivity index (χ0v) is 12.4. The van der Waals surface area contributed by atoms with E-state index in [2.05, 4.69) is 15.9 Å². The van der Waals surface area contributed by atoms with Gasteiger partial charge in [0.2, 0.25) is 0 Å². The highest BCUT2D eigenvalue weighted by molar-refractivity contribution is 9.10. The van der Waals surface area contributed by atoms with E-state index in [1.54, 1.807) is 12.1 Å². The fourth-order valence-corrected chi connectivity index (χ4v) is 3.18. The van der Waals surface area contributed by atoms with Gasteiger partial charge in [-0.3, -0.25) is 0 Å². The van der Waals surface area contributed by atoms with Gasteiger partial charge < -0.3 is 9.84 Å². The molecule has 19 heavy (non-hydrogen) atoms. The maximum atomic E-state index is 10.5. The summed E-state index contributed by atoms with van der Waals surface area (Å²) in [6.45, 7) is 0.722. The second kappa shape index (κ2) is 5.16. The van der Waals surface area contributed by atoms with Crippen molar-refractivity contribution in [3.8, 4) is 5.75 Å². The number of halogens is 2. The molecule has 1 aliphatic rings. The van der Waals surface area contributed by atoms with Crippen LogP contribution in [0.3, 0.4) is 0 Å². The van der Waals surface area contributed by atoms with E-state index < -0.39 is 6.10 Å². The molecule has 0 spiro atoms. The molecule has 0 aliphatic carbocycles. The topological polar surface area (TPSA) is 29.5 Å². The lowest BCUT2D eigenvalue weighted by Gasteiger charge is -2.14. The molecule has 0 amide bonds. The van der Waals surface area contributed by atoms with Gasteiger partial charge in [-0.2, -0.15) is 0 Å². The summed E-state index contributed by atoms with van der Waals surface area (Å²) in [5, 5.41) is 11.1. The summed E-state index contributed by atoms with van der Waals surface area (Å²) < 4.78 is 6.28. The molecule has 98 valence electrons. The van der Waals surface area contributed by atoms with Gasteiger partial charge in [0.15, 0.2) is 0 Å². The third-order valence-corrected chi connectivity index (χ3v) is 4.21. The van der Waals surface area contributed by atoms with Crippen LogP contribution in [-0.4, -0.2) is 11.7 Å². The first kappa shape index (κ1) is 13.0. The van der Waals surface area contributed by atoms with Crippen molar-refractivity contribution >= 4 is 27.5 Å². The van der Waals surface area contributed by atoms with Crippen LogP contribution in [-0.2, 0) is 6.42 Å². The molecular formula is C15H12BrClO2. The minimum absolute atomic E-state index is 0.644. The molecular weight excluding hydrogens is 328 g/mol. The van der Waals surface area contributed by atoms with Crippen molar-refractivity contribution in [1.29, 1.82) is 0 Å². The van der Waals surface area contributed by atoms with Crippen LogP contribution >= 0.6 is 27.5 Å². The van der Waals surface area contributed by atoms with Crippen molar-refractivity contribution in [2.24, 2.45) is 0 Å². The Kier molecular flexibility index (Phi) is 3.52. The Hall–Kier alpha value is -1.03. The molecule has 1 heterocycles. The number of hydrogen-bond donors (Lipinski definition) is 1. The number of aliphatic hydroxyl groups excluding tert-OH is 1. The minimum atomic E-state index is -0.669. The number of benzene rings is 2. The van der Waals surface area contributed by atoms with Gasteiger partial charge in [-0.15, -0.1) is 0 Å². The number of aliphatic hydroxyl groups is 1. The van der Waals surface area contributed by atoms with E-state index in [4.69, 9.17) is 16.3 Å². The summed E-state index contributed by atoms with van der Waals surface area (Å²) in [5.41, 5.74) is 2.83. The van der Waals surface area contributed by atoms with Gasteiger partial charge in [0, 0.05) is 15.9 Å². The fraction of sp³-hybridized carbons (Fsp3) is 0.200. The van der Waals surface area contributed by atoms with E-state index in [9.17, 15) is 5.11 Å². The molecule has 0 saturated carbocycles. The van der Waals surface area contributed by atoms with Gasteiger partial charge in [-0.1, -0.05) is 39.7 Å². The molecule has 3 rings (SSSR count). The zero-order chi connectivity index (χ0) is 13.4. The lowest BCUT2D eigenvalue weighted by atomic mass is 9.99. The van der Waals surface area contributed by atoms with Crippen LogP contribution in [0.15, 0.2) is 40.9 Å². The molecule has 0 bridgehead atoms. The summed E-state index contributed by atoms with van der Waals surface area (Å²) in [6, 6.07) is 11.2. The van der Waals surface area contributed by atoms with Crippen molar-refractivity contribution in [1.82, 2.24) is 0 Å².